The summed E-state index contributed by atoms with van der Waals surface area (Å²) < 4.78 is 21.6. The Hall–Kier alpha value is -1.85. The zero-order valence-corrected chi connectivity index (χ0v) is 13.6. The lowest BCUT2D eigenvalue weighted by molar-refractivity contribution is -0.131. The number of carbonyl (C=O) groups is 1. The minimum atomic E-state index is -0.357. The molecule has 5 heteroatoms. The van der Waals surface area contributed by atoms with Crippen LogP contribution >= 0.6 is 0 Å². The van der Waals surface area contributed by atoms with Crippen LogP contribution in [0.5, 0.6) is 11.5 Å². The lowest BCUT2D eigenvalue weighted by Crippen LogP contribution is -2.19. The Kier molecular flexibility index (Phi) is 8.25. The highest BCUT2D eigenvalue weighted by Gasteiger charge is 2.09. The van der Waals surface area contributed by atoms with Gasteiger partial charge >= 0.3 is 5.97 Å². The second kappa shape index (κ2) is 9.97. The first-order valence-corrected chi connectivity index (χ1v) is 7.38. The molecule has 0 aliphatic carbocycles. The first-order valence-electron chi connectivity index (χ1n) is 7.38. The topological polar surface area (TPSA) is 54.0 Å². The van der Waals surface area contributed by atoms with Crippen molar-refractivity contribution in [3.63, 3.8) is 0 Å². The molecule has 0 aliphatic heterocycles. The Morgan fingerprint density at radius 3 is 2.36 bits per heavy atom. The highest BCUT2D eigenvalue weighted by Crippen LogP contribution is 2.19. The van der Waals surface area contributed by atoms with Crippen molar-refractivity contribution in [1.29, 1.82) is 0 Å². The van der Waals surface area contributed by atoms with Crippen LogP contribution in [0.3, 0.4) is 0 Å². The van der Waals surface area contributed by atoms with Gasteiger partial charge in [-0.25, -0.2) is 0 Å². The van der Waals surface area contributed by atoms with Crippen molar-refractivity contribution in [2.45, 2.75) is 34.0 Å². The molecular weight excluding hydrogens is 284 g/mol. The van der Waals surface area contributed by atoms with Crippen LogP contribution in [0.15, 0.2) is 35.9 Å². The smallest absolute Gasteiger partial charge is 0.308 e. The molecule has 0 aliphatic rings. The highest BCUT2D eigenvalue weighted by molar-refractivity contribution is 5.69. The summed E-state index contributed by atoms with van der Waals surface area (Å²) in [5.74, 6) is 0.739. The number of benzene rings is 1. The number of carbonyl (C=O) groups excluding carboxylic acids is 1. The minimum Gasteiger partial charge on any atom is -0.489 e. The molecule has 0 aromatic heterocycles. The van der Waals surface area contributed by atoms with Gasteiger partial charge < -0.3 is 18.9 Å². The fourth-order valence-corrected chi connectivity index (χ4v) is 1.77. The molecule has 1 aromatic carbocycles. The van der Waals surface area contributed by atoms with Crippen LogP contribution in [-0.4, -0.2) is 32.1 Å². The second-order valence-electron chi connectivity index (χ2n) is 4.57. The van der Waals surface area contributed by atoms with Crippen molar-refractivity contribution in [1.82, 2.24) is 0 Å². The average molecular weight is 308 g/mol. The van der Waals surface area contributed by atoms with Crippen LogP contribution in [-0.2, 0) is 14.3 Å². The van der Waals surface area contributed by atoms with Crippen molar-refractivity contribution < 1.29 is 23.7 Å². The van der Waals surface area contributed by atoms with E-state index in [-0.39, 0.29) is 12.3 Å². The van der Waals surface area contributed by atoms with E-state index in [9.17, 15) is 4.79 Å². The van der Waals surface area contributed by atoms with Gasteiger partial charge in [0.25, 0.3) is 0 Å². The third-order valence-corrected chi connectivity index (χ3v) is 2.73. The zero-order chi connectivity index (χ0) is 16.4. The minimum absolute atomic E-state index is 0.342. The fourth-order valence-electron chi connectivity index (χ4n) is 1.77. The lowest BCUT2D eigenvalue weighted by atomic mass is 10.2. The van der Waals surface area contributed by atoms with Gasteiger partial charge in [-0.15, -0.1) is 0 Å². The van der Waals surface area contributed by atoms with Crippen LogP contribution in [0.25, 0.3) is 0 Å². The quantitative estimate of drug-likeness (QED) is 0.303. The van der Waals surface area contributed by atoms with Crippen molar-refractivity contribution in [3.8, 4) is 11.5 Å². The van der Waals surface area contributed by atoms with E-state index < -0.39 is 0 Å². The van der Waals surface area contributed by atoms with Crippen LogP contribution in [0.2, 0.25) is 0 Å². The summed E-state index contributed by atoms with van der Waals surface area (Å²) in [4.78, 5) is 10.9. The highest BCUT2D eigenvalue weighted by atomic mass is 16.7. The third kappa shape index (κ3) is 6.74. The number of esters is 1. The van der Waals surface area contributed by atoms with E-state index in [4.69, 9.17) is 18.9 Å². The summed E-state index contributed by atoms with van der Waals surface area (Å²) in [7, 11) is 0. The van der Waals surface area contributed by atoms with Gasteiger partial charge in [0, 0.05) is 26.2 Å². The summed E-state index contributed by atoms with van der Waals surface area (Å²) in [6, 6.07) is 6.95. The second-order valence-corrected chi connectivity index (χ2v) is 4.57. The predicted molar refractivity (Wildman–Crippen MR) is 84.0 cm³/mol. The average Bonchev–Trinajstić information content (AvgIpc) is 2.46. The summed E-state index contributed by atoms with van der Waals surface area (Å²) in [5.41, 5.74) is 0.958. The maximum atomic E-state index is 10.9. The van der Waals surface area contributed by atoms with E-state index in [2.05, 4.69) is 0 Å². The summed E-state index contributed by atoms with van der Waals surface area (Å²) in [5, 5.41) is 0. The Balaban J connectivity index is 2.57. The first-order chi connectivity index (χ1) is 10.6. The van der Waals surface area contributed by atoms with Gasteiger partial charge in [-0.05, 0) is 44.6 Å². The van der Waals surface area contributed by atoms with E-state index in [1.807, 2.05) is 26.8 Å². The number of rotatable bonds is 9. The van der Waals surface area contributed by atoms with E-state index in [0.717, 1.165) is 5.57 Å². The maximum Gasteiger partial charge on any atom is 0.308 e. The number of hydrogen-bond donors (Lipinski definition) is 0. The molecule has 0 unspecified atom stereocenters. The molecule has 0 amide bonds. The third-order valence-electron chi connectivity index (χ3n) is 2.73. The Morgan fingerprint density at radius 1 is 1.14 bits per heavy atom. The molecule has 0 heterocycles. The molecule has 0 saturated carbocycles. The van der Waals surface area contributed by atoms with E-state index in [0.29, 0.717) is 31.3 Å². The molecule has 1 aromatic rings. The molecule has 1 rings (SSSR count). The molecule has 0 atom stereocenters. The summed E-state index contributed by atoms with van der Waals surface area (Å²) in [6.07, 6.45) is 1.57. The van der Waals surface area contributed by atoms with Gasteiger partial charge in [-0.1, -0.05) is 6.07 Å². The van der Waals surface area contributed by atoms with Crippen LogP contribution in [0.1, 0.15) is 27.7 Å². The van der Waals surface area contributed by atoms with Crippen LogP contribution in [0, 0.1) is 0 Å². The molecule has 0 saturated heterocycles. The van der Waals surface area contributed by atoms with E-state index in [1.165, 1.54) is 6.92 Å². The molecule has 0 fully saturated rings. The molecule has 5 nitrogen and oxygen atoms in total. The predicted octanol–water partition coefficient (Wildman–Crippen LogP) is 3.34. The van der Waals surface area contributed by atoms with Gasteiger partial charge in [0.05, 0.1) is 0 Å². The normalized spacial score (nSPS) is 11.6. The van der Waals surface area contributed by atoms with Gasteiger partial charge in [-0.3, -0.25) is 4.79 Å². The largest absolute Gasteiger partial charge is 0.489 e. The Bertz CT molecular complexity index is 490. The SMILES string of the molecule is CCOC(OCC)C(C)=CCOc1cccc(OC(C)=O)c1. The van der Waals surface area contributed by atoms with Gasteiger partial charge in [0.1, 0.15) is 18.1 Å². The van der Waals surface area contributed by atoms with E-state index in [1.54, 1.807) is 24.3 Å². The van der Waals surface area contributed by atoms with Gasteiger partial charge in [-0.2, -0.15) is 0 Å². The van der Waals surface area contributed by atoms with Gasteiger partial charge in [0.2, 0.25) is 0 Å². The molecular formula is C17H24O5. The van der Waals surface area contributed by atoms with Crippen molar-refractivity contribution in [3.05, 3.63) is 35.9 Å². The summed E-state index contributed by atoms with van der Waals surface area (Å²) in [6.45, 7) is 8.71. The standard InChI is InChI=1S/C17H24O5/c1-5-19-17(20-6-2)13(3)10-11-21-15-8-7-9-16(12-15)22-14(4)18/h7-10,12,17H,5-6,11H2,1-4H3. The van der Waals surface area contributed by atoms with Crippen LogP contribution in [0.4, 0.5) is 0 Å². The Labute approximate surface area is 131 Å². The van der Waals surface area contributed by atoms with Crippen molar-refractivity contribution in [2.75, 3.05) is 19.8 Å². The fraction of sp³-hybridized carbons (Fsp3) is 0.471. The summed E-state index contributed by atoms with van der Waals surface area (Å²) >= 11 is 0. The first kappa shape index (κ1) is 18.2. The molecule has 122 valence electrons. The molecule has 0 spiro atoms. The van der Waals surface area contributed by atoms with Crippen molar-refractivity contribution in [2.24, 2.45) is 0 Å². The molecule has 0 radical (unpaired) electrons. The number of ether oxygens (including phenoxy) is 4. The molecule has 22 heavy (non-hydrogen) atoms. The van der Waals surface area contributed by atoms with E-state index >= 15 is 0 Å². The monoisotopic (exact) mass is 308 g/mol. The van der Waals surface area contributed by atoms with Crippen molar-refractivity contribution >= 4 is 5.97 Å². The molecule has 0 bridgehead atoms. The zero-order valence-electron chi connectivity index (χ0n) is 13.6. The maximum absolute atomic E-state index is 10.9. The number of hydrogen-bond acceptors (Lipinski definition) is 5. The van der Waals surface area contributed by atoms with Crippen LogP contribution < -0.4 is 9.47 Å². The molecule has 0 N–H and O–H groups in total. The lowest BCUT2D eigenvalue weighted by Gasteiger charge is -2.17. The Morgan fingerprint density at radius 2 is 1.77 bits per heavy atom. The van der Waals surface area contributed by atoms with Gasteiger partial charge in [0.15, 0.2) is 6.29 Å².